The number of sulfonamides is 1. The van der Waals surface area contributed by atoms with Crippen LogP contribution >= 0.6 is 0 Å². The Labute approximate surface area is 197 Å². The highest BCUT2D eigenvalue weighted by Gasteiger charge is 2.30. The quantitative estimate of drug-likeness (QED) is 0.545. The number of amides is 1. The van der Waals surface area contributed by atoms with E-state index in [1.807, 2.05) is 43.3 Å². The summed E-state index contributed by atoms with van der Waals surface area (Å²) in [5.74, 6) is 0.328. The summed E-state index contributed by atoms with van der Waals surface area (Å²) in [6.07, 6.45) is 3.27. The minimum atomic E-state index is -3.61. The van der Waals surface area contributed by atoms with Crippen molar-refractivity contribution >= 4 is 27.4 Å². The summed E-state index contributed by atoms with van der Waals surface area (Å²) < 4.78 is 26.0. The summed E-state index contributed by atoms with van der Waals surface area (Å²) in [6, 6.07) is 15.0. The first-order valence-electron chi connectivity index (χ1n) is 11.5. The SMILES string of the molecule is Cc1ccccc1N(CC(=O)N1CCC(C(=O)c2ccc(CC(C)C)cc2)CC1)S(C)(=O)=O. The topological polar surface area (TPSA) is 74.8 Å². The fourth-order valence-electron chi connectivity index (χ4n) is 4.35. The van der Waals surface area contributed by atoms with Gasteiger partial charge in [0.05, 0.1) is 11.9 Å². The number of piperidine rings is 1. The van der Waals surface area contributed by atoms with Crippen LogP contribution in [0, 0.1) is 18.8 Å². The van der Waals surface area contributed by atoms with Crippen molar-refractivity contribution in [2.45, 2.75) is 40.0 Å². The second-order valence-corrected chi connectivity index (χ2v) is 11.3. The standard InChI is InChI=1S/C26H34N2O4S/c1-19(2)17-21-9-11-22(12-10-21)26(30)23-13-15-27(16-14-23)25(29)18-28(33(4,31)32)24-8-6-5-7-20(24)3/h5-12,19,23H,13-18H2,1-4H3. The molecule has 0 spiro atoms. The van der Waals surface area contributed by atoms with Gasteiger partial charge in [0.1, 0.15) is 6.54 Å². The van der Waals surface area contributed by atoms with Crippen molar-refractivity contribution in [3.05, 3.63) is 65.2 Å². The third-order valence-electron chi connectivity index (χ3n) is 6.16. The van der Waals surface area contributed by atoms with Crippen molar-refractivity contribution < 1.29 is 18.0 Å². The van der Waals surface area contributed by atoms with Crippen molar-refractivity contribution in [3.8, 4) is 0 Å². The third kappa shape index (κ3) is 6.44. The minimum absolute atomic E-state index is 0.118. The van der Waals surface area contributed by atoms with Gasteiger partial charge in [-0.1, -0.05) is 56.3 Å². The summed E-state index contributed by atoms with van der Waals surface area (Å²) in [4.78, 5) is 27.6. The highest BCUT2D eigenvalue weighted by atomic mass is 32.2. The maximum absolute atomic E-state index is 13.0. The Hall–Kier alpha value is -2.67. The fraction of sp³-hybridized carbons (Fsp3) is 0.462. The smallest absolute Gasteiger partial charge is 0.243 e. The monoisotopic (exact) mass is 470 g/mol. The highest BCUT2D eigenvalue weighted by Crippen LogP contribution is 2.25. The van der Waals surface area contributed by atoms with E-state index in [9.17, 15) is 18.0 Å². The lowest BCUT2D eigenvalue weighted by atomic mass is 9.88. The van der Waals surface area contributed by atoms with E-state index in [-0.39, 0.29) is 24.2 Å². The molecule has 1 amide bonds. The number of hydrogen-bond acceptors (Lipinski definition) is 4. The number of ketones is 1. The van der Waals surface area contributed by atoms with Crippen LogP contribution in [-0.2, 0) is 21.2 Å². The number of nitrogens with zero attached hydrogens (tertiary/aromatic N) is 2. The van der Waals surface area contributed by atoms with Crippen LogP contribution in [0.2, 0.25) is 0 Å². The number of carbonyl (C=O) groups excluding carboxylic acids is 2. The predicted molar refractivity (Wildman–Crippen MR) is 132 cm³/mol. The number of carbonyl (C=O) groups is 2. The van der Waals surface area contributed by atoms with E-state index >= 15 is 0 Å². The molecule has 0 bridgehead atoms. The molecule has 0 radical (unpaired) electrons. The molecule has 7 heteroatoms. The van der Waals surface area contributed by atoms with Gasteiger partial charge in [-0.05, 0) is 49.3 Å². The number of para-hydroxylation sites is 1. The van der Waals surface area contributed by atoms with E-state index < -0.39 is 10.0 Å². The predicted octanol–water partition coefficient (Wildman–Crippen LogP) is 4.08. The molecule has 0 N–H and O–H groups in total. The number of anilines is 1. The zero-order valence-corrected chi connectivity index (χ0v) is 20.8. The number of rotatable bonds is 8. The summed E-state index contributed by atoms with van der Waals surface area (Å²) in [5, 5.41) is 0. The Kier molecular flexibility index (Phi) is 7.95. The first kappa shape index (κ1) is 25.0. The Balaban J connectivity index is 1.61. The van der Waals surface area contributed by atoms with E-state index in [4.69, 9.17) is 0 Å². The van der Waals surface area contributed by atoms with Gasteiger partial charge in [-0.25, -0.2) is 8.42 Å². The highest BCUT2D eigenvalue weighted by molar-refractivity contribution is 7.92. The molecule has 1 aliphatic heterocycles. The Bertz CT molecular complexity index is 1090. The molecule has 1 saturated heterocycles. The van der Waals surface area contributed by atoms with Gasteiger partial charge in [0.15, 0.2) is 5.78 Å². The van der Waals surface area contributed by atoms with Crippen molar-refractivity contribution in [1.29, 1.82) is 0 Å². The number of benzene rings is 2. The Morgan fingerprint density at radius 2 is 1.64 bits per heavy atom. The van der Waals surface area contributed by atoms with Crippen LogP contribution in [-0.4, -0.2) is 50.9 Å². The molecule has 1 heterocycles. The molecule has 0 aromatic heterocycles. The van der Waals surface area contributed by atoms with Gasteiger partial charge in [0.25, 0.3) is 0 Å². The van der Waals surface area contributed by atoms with Crippen molar-refractivity contribution in [1.82, 2.24) is 4.90 Å². The zero-order chi connectivity index (χ0) is 24.2. The van der Waals surface area contributed by atoms with Gasteiger partial charge in [0, 0.05) is 24.6 Å². The number of likely N-dealkylation sites (tertiary alicyclic amines) is 1. The molecule has 0 atom stereocenters. The number of aryl methyl sites for hydroxylation is 1. The van der Waals surface area contributed by atoms with Crippen LogP contribution in [0.3, 0.4) is 0 Å². The third-order valence-corrected chi connectivity index (χ3v) is 7.29. The van der Waals surface area contributed by atoms with Crippen LogP contribution in [0.25, 0.3) is 0 Å². The lowest BCUT2D eigenvalue weighted by Gasteiger charge is -2.33. The molecule has 0 aliphatic carbocycles. The van der Waals surface area contributed by atoms with Crippen molar-refractivity contribution in [2.75, 3.05) is 30.2 Å². The molecule has 1 fully saturated rings. The molecule has 3 rings (SSSR count). The van der Waals surface area contributed by atoms with Crippen LogP contribution in [0.4, 0.5) is 5.69 Å². The summed E-state index contributed by atoms with van der Waals surface area (Å²) in [7, 11) is -3.61. The van der Waals surface area contributed by atoms with E-state index in [1.54, 1.807) is 17.0 Å². The summed E-state index contributed by atoms with van der Waals surface area (Å²) in [5.41, 5.74) is 3.25. The van der Waals surface area contributed by atoms with E-state index in [0.717, 1.165) is 23.8 Å². The first-order valence-corrected chi connectivity index (χ1v) is 13.4. The lowest BCUT2D eigenvalue weighted by Crippen LogP contribution is -2.46. The zero-order valence-electron chi connectivity index (χ0n) is 20.0. The largest absolute Gasteiger partial charge is 0.341 e. The van der Waals surface area contributed by atoms with E-state index in [2.05, 4.69) is 13.8 Å². The molecule has 2 aromatic rings. The van der Waals surface area contributed by atoms with Gasteiger partial charge in [-0.3, -0.25) is 13.9 Å². The molecular weight excluding hydrogens is 436 g/mol. The minimum Gasteiger partial charge on any atom is -0.341 e. The molecule has 6 nitrogen and oxygen atoms in total. The van der Waals surface area contributed by atoms with Crippen LogP contribution < -0.4 is 4.31 Å². The second kappa shape index (κ2) is 10.5. The van der Waals surface area contributed by atoms with E-state index in [1.165, 1.54) is 9.87 Å². The second-order valence-electron chi connectivity index (χ2n) is 9.37. The van der Waals surface area contributed by atoms with Crippen molar-refractivity contribution in [3.63, 3.8) is 0 Å². The van der Waals surface area contributed by atoms with Crippen LogP contribution in [0.1, 0.15) is 48.2 Å². The molecule has 1 aliphatic rings. The molecule has 0 unspecified atom stereocenters. The average Bonchev–Trinajstić information content (AvgIpc) is 2.77. The maximum Gasteiger partial charge on any atom is 0.243 e. The normalized spacial score (nSPS) is 15.0. The van der Waals surface area contributed by atoms with Gasteiger partial charge in [-0.15, -0.1) is 0 Å². The summed E-state index contributed by atoms with van der Waals surface area (Å²) in [6.45, 7) is 6.83. The van der Waals surface area contributed by atoms with Crippen LogP contribution in [0.15, 0.2) is 48.5 Å². The van der Waals surface area contributed by atoms with E-state index in [0.29, 0.717) is 37.5 Å². The number of hydrogen-bond donors (Lipinski definition) is 0. The fourth-order valence-corrected chi connectivity index (χ4v) is 5.26. The van der Waals surface area contributed by atoms with Gasteiger partial charge >= 0.3 is 0 Å². The number of Topliss-reactive ketones (excluding diaryl/α,β-unsaturated/α-hetero) is 1. The molecular formula is C26H34N2O4S. The molecule has 178 valence electrons. The average molecular weight is 471 g/mol. The summed E-state index contributed by atoms with van der Waals surface area (Å²) >= 11 is 0. The first-order chi connectivity index (χ1) is 15.6. The molecule has 2 aromatic carbocycles. The lowest BCUT2D eigenvalue weighted by molar-refractivity contribution is -0.130. The van der Waals surface area contributed by atoms with Gasteiger partial charge < -0.3 is 4.90 Å². The van der Waals surface area contributed by atoms with Gasteiger partial charge in [-0.2, -0.15) is 0 Å². The Morgan fingerprint density at radius 3 is 2.18 bits per heavy atom. The van der Waals surface area contributed by atoms with Crippen molar-refractivity contribution in [2.24, 2.45) is 11.8 Å². The van der Waals surface area contributed by atoms with Crippen LogP contribution in [0.5, 0.6) is 0 Å². The molecule has 0 saturated carbocycles. The molecule has 33 heavy (non-hydrogen) atoms. The maximum atomic E-state index is 13.0. The van der Waals surface area contributed by atoms with Gasteiger partial charge in [0.2, 0.25) is 15.9 Å². The Morgan fingerprint density at radius 1 is 1.03 bits per heavy atom.